The Balaban J connectivity index is 1.51. The average molecular weight is 332 g/mol. The molecule has 3 aliphatic rings. The van der Waals surface area contributed by atoms with Crippen molar-refractivity contribution >= 4 is 17.8 Å². The minimum Gasteiger partial charge on any atom is -0.356 e. The van der Waals surface area contributed by atoms with Gasteiger partial charge in [0.15, 0.2) is 5.96 Å². The standard InChI is InChI=1S/C18H28N4O2/c1-18(2,3)10-21-17(19-4)20-7-8-22-15(23)13-11-5-6-12(9-11)14(13)16(22)24/h5-6,11-14H,7-10H2,1-4H3,(H2,19,20,21). The van der Waals surface area contributed by atoms with E-state index in [9.17, 15) is 9.59 Å². The molecule has 0 spiro atoms. The van der Waals surface area contributed by atoms with E-state index in [0.717, 1.165) is 13.0 Å². The maximum absolute atomic E-state index is 12.6. The van der Waals surface area contributed by atoms with E-state index in [0.29, 0.717) is 19.0 Å². The summed E-state index contributed by atoms with van der Waals surface area (Å²) >= 11 is 0. The lowest BCUT2D eigenvalue weighted by Crippen LogP contribution is -2.45. The molecule has 132 valence electrons. The lowest BCUT2D eigenvalue weighted by atomic mass is 9.85. The van der Waals surface area contributed by atoms with Gasteiger partial charge in [0.2, 0.25) is 11.8 Å². The van der Waals surface area contributed by atoms with Gasteiger partial charge in [0.25, 0.3) is 0 Å². The third-order valence-electron chi connectivity index (χ3n) is 5.20. The van der Waals surface area contributed by atoms with Crippen LogP contribution in [0.1, 0.15) is 27.2 Å². The highest BCUT2D eigenvalue weighted by Crippen LogP contribution is 2.52. The van der Waals surface area contributed by atoms with Crippen LogP contribution in [-0.4, -0.2) is 49.4 Å². The normalized spacial score (nSPS) is 31.8. The summed E-state index contributed by atoms with van der Waals surface area (Å²) in [7, 11) is 1.72. The number of amides is 2. The van der Waals surface area contributed by atoms with Crippen molar-refractivity contribution in [3.05, 3.63) is 12.2 Å². The van der Waals surface area contributed by atoms with Crippen molar-refractivity contribution in [1.29, 1.82) is 0 Å². The number of likely N-dealkylation sites (tertiary alicyclic amines) is 1. The molecular formula is C18H28N4O2. The van der Waals surface area contributed by atoms with Crippen molar-refractivity contribution in [1.82, 2.24) is 15.5 Å². The molecular weight excluding hydrogens is 304 g/mol. The topological polar surface area (TPSA) is 73.8 Å². The first-order chi connectivity index (χ1) is 11.3. The first kappa shape index (κ1) is 17.0. The van der Waals surface area contributed by atoms with Crippen molar-refractivity contribution in [2.75, 3.05) is 26.7 Å². The summed E-state index contributed by atoms with van der Waals surface area (Å²) in [6.07, 6.45) is 5.22. The fourth-order valence-electron chi connectivity index (χ4n) is 4.04. The largest absolute Gasteiger partial charge is 0.356 e. The van der Waals surface area contributed by atoms with Crippen molar-refractivity contribution < 1.29 is 9.59 Å². The zero-order chi connectivity index (χ0) is 17.5. The van der Waals surface area contributed by atoms with Gasteiger partial charge in [-0.15, -0.1) is 0 Å². The summed E-state index contributed by atoms with van der Waals surface area (Å²) in [6.45, 7) is 8.17. The fourth-order valence-corrected chi connectivity index (χ4v) is 4.04. The Labute approximate surface area is 143 Å². The van der Waals surface area contributed by atoms with E-state index in [1.165, 1.54) is 4.90 Å². The molecule has 3 rings (SSSR count). The summed E-state index contributed by atoms with van der Waals surface area (Å²) in [5.74, 6) is 1.07. The molecule has 1 saturated carbocycles. The van der Waals surface area contributed by atoms with Gasteiger partial charge < -0.3 is 10.6 Å². The lowest BCUT2D eigenvalue weighted by Gasteiger charge is -2.22. The minimum absolute atomic E-state index is 0.0151. The SMILES string of the molecule is CN=C(NCCN1C(=O)C2C3C=CC(C3)C2C1=O)NCC(C)(C)C. The number of hydrogen-bond acceptors (Lipinski definition) is 3. The van der Waals surface area contributed by atoms with Crippen molar-refractivity contribution in [3.63, 3.8) is 0 Å². The third-order valence-corrected chi connectivity index (χ3v) is 5.20. The molecule has 0 radical (unpaired) electrons. The molecule has 4 unspecified atom stereocenters. The second-order valence-electron chi connectivity index (χ2n) is 8.24. The summed E-state index contributed by atoms with van der Waals surface area (Å²) < 4.78 is 0. The molecule has 0 aromatic rings. The molecule has 2 fully saturated rings. The van der Waals surface area contributed by atoms with Crippen LogP contribution < -0.4 is 10.6 Å². The first-order valence-electron chi connectivity index (χ1n) is 8.80. The number of aliphatic imine (C=N–C) groups is 1. The summed E-state index contributed by atoms with van der Waals surface area (Å²) in [5.41, 5.74) is 0.155. The van der Waals surface area contributed by atoms with Crippen LogP contribution in [0.2, 0.25) is 0 Å². The number of rotatable bonds is 4. The number of guanidine groups is 1. The Kier molecular flexibility index (Phi) is 4.40. The molecule has 1 saturated heterocycles. The number of carbonyl (C=O) groups excluding carboxylic acids is 2. The Bertz CT molecular complexity index is 560. The van der Waals surface area contributed by atoms with Gasteiger partial charge in [-0.2, -0.15) is 0 Å². The van der Waals surface area contributed by atoms with Crippen LogP contribution in [0.3, 0.4) is 0 Å². The molecule has 2 N–H and O–H groups in total. The van der Waals surface area contributed by atoms with Gasteiger partial charge in [0, 0.05) is 26.7 Å². The number of hydrogen-bond donors (Lipinski definition) is 2. The number of nitrogens with one attached hydrogen (secondary N) is 2. The number of fused-ring (bicyclic) bond motifs is 5. The number of nitrogens with zero attached hydrogens (tertiary/aromatic N) is 2. The van der Waals surface area contributed by atoms with Crippen LogP contribution in [0.5, 0.6) is 0 Å². The van der Waals surface area contributed by atoms with E-state index < -0.39 is 0 Å². The first-order valence-corrected chi connectivity index (χ1v) is 8.80. The number of imide groups is 1. The predicted octanol–water partition coefficient (Wildman–Crippen LogP) is 1.00. The van der Waals surface area contributed by atoms with E-state index in [2.05, 4.69) is 48.5 Å². The quantitative estimate of drug-likeness (QED) is 0.349. The van der Waals surface area contributed by atoms with Gasteiger partial charge in [-0.3, -0.25) is 19.5 Å². The van der Waals surface area contributed by atoms with E-state index in [1.807, 2.05) is 0 Å². The smallest absolute Gasteiger partial charge is 0.233 e. The van der Waals surface area contributed by atoms with E-state index in [4.69, 9.17) is 0 Å². The van der Waals surface area contributed by atoms with Gasteiger partial charge in [0.1, 0.15) is 0 Å². The Morgan fingerprint density at radius 1 is 1.17 bits per heavy atom. The molecule has 2 amide bonds. The molecule has 2 aliphatic carbocycles. The fraction of sp³-hybridized carbons (Fsp3) is 0.722. The molecule has 0 aromatic carbocycles. The maximum Gasteiger partial charge on any atom is 0.233 e. The summed E-state index contributed by atoms with van der Waals surface area (Å²) in [5, 5.41) is 6.45. The highest BCUT2D eigenvalue weighted by atomic mass is 16.2. The van der Waals surface area contributed by atoms with Crippen LogP contribution in [0.15, 0.2) is 17.1 Å². The predicted molar refractivity (Wildman–Crippen MR) is 93.3 cm³/mol. The molecule has 6 heteroatoms. The van der Waals surface area contributed by atoms with E-state index in [-0.39, 0.29) is 40.9 Å². The maximum atomic E-state index is 12.6. The summed E-state index contributed by atoms with van der Waals surface area (Å²) in [4.78, 5) is 30.8. The molecule has 0 aromatic heterocycles. The minimum atomic E-state index is -0.106. The third kappa shape index (κ3) is 3.06. The van der Waals surface area contributed by atoms with Crippen molar-refractivity contribution in [2.24, 2.45) is 34.1 Å². The highest BCUT2D eigenvalue weighted by Gasteiger charge is 2.58. The number of allylic oxidation sites excluding steroid dienone is 2. The van der Waals surface area contributed by atoms with Gasteiger partial charge in [0.05, 0.1) is 11.8 Å². The Hall–Kier alpha value is -1.85. The summed E-state index contributed by atoms with van der Waals surface area (Å²) in [6, 6.07) is 0. The van der Waals surface area contributed by atoms with Gasteiger partial charge in [-0.25, -0.2) is 0 Å². The van der Waals surface area contributed by atoms with E-state index >= 15 is 0 Å². The lowest BCUT2D eigenvalue weighted by molar-refractivity contribution is -0.140. The number of carbonyl (C=O) groups is 2. The zero-order valence-electron chi connectivity index (χ0n) is 15.0. The van der Waals surface area contributed by atoms with Gasteiger partial charge in [-0.1, -0.05) is 32.9 Å². The molecule has 4 atom stereocenters. The highest BCUT2D eigenvalue weighted by molar-refractivity contribution is 6.06. The van der Waals surface area contributed by atoms with E-state index in [1.54, 1.807) is 7.05 Å². The Morgan fingerprint density at radius 3 is 2.25 bits per heavy atom. The second kappa shape index (κ2) is 6.22. The molecule has 24 heavy (non-hydrogen) atoms. The van der Waals surface area contributed by atoms with Crippen LogP contribution >= 0.6 is 0 Å². The van der Waals surface area contributed by atoms with Crippen molar-refractivity contribution in [2.45, 2.75) is 27.2 Å². The van der Waals surface area contributed by atoms with Crippen LogP contribution in [0, 0.1) is 29.1 Å². The zero-order valence-corrected chi connectivity index (χ0v) is 15.0. The van der Waals surface area contributed by atoms with Gasteiger partial charge in [-0.05, 0) is 23.7 Å². The second-order valence-corrected chi connectivity index (χ2v) is 8.24. The Morgan fingerprint density at radius 2 is 1.75 bits per heavy atom. The molecule has 1 heterocycles. The average Bonchev–Trinajstić information content (AvgIpc) is 3.18. The molecule has 6 nitrogen and oxygen atoms in total. The van der Waals surface area contributed by atoms with Crippen LogP contribution in [0.4, 0.5) is 0 Å². The monoisotopic (exact) mass is 332 g/mol. The van der Waals surface area contributed by atoms with Crippen LogP contribution in [-0.2, 0) is 9.59 Å². The van der Waals surface area contributed by atoms with Crippen LogP contribution in [0.25, 0.3) is 0 Å². The van der Waals surface area contributed by atoms with Crippen molar-refractivity contribution in [3.8, 4) is 0 Å². The molecule has 2 bridgehead atoms. The van der Waals surface area contributed by atoms with Gasteiger partial charge >= 0.3 is 0 Å². The molecule has 1 aliphatic heterocycles.